The third-order valence-corrected chi connectivity index (χ3v) is 6.45. The summed E-state index contributed by atoms with van der Waals surface area (Å²) in [6.45, 7) is 13.5. The van der Waals surface area contributed by atoms with Gasteiger partial charge in [0, 0.05) is 25.4 Å². The predicted octanol–water partition coefficient (Wildman–Crippen LogP) is 1.26. The number of carbonyl (C=O) groups excluding carboxylic acids is 5. The molecule has 5 amide bonds. The number of rotatable bonds is 15. The van der Waals surface area contributed by atoms with Gasteiger partial charge in [0.05, 0.1) is 30.3 Å². The van der Waals surface area contributed by atoms with Crippen molar-refractivity contribution in [2.75, 3.05) is 18.4 Å². The third-order valence-electron chi connectivity index (χ3n) is 6.45. The average molecular weight is 653 g/mol. The quantitative estimate of drug-likeness (QED) is 0.134. The lowest BCUT2D eigenvalue weighted by Crippen LogP contribution is -2.51. The van der Waals surface area contributed by atoms with E-state index in [0.717, 1.165) is 6.42 Å². The second kappa shape index (κ2) is 20.2. The molecule has 1 aromatic rings. The molecule has 15 nitrogen and oxygen atoms in total. The van der Waals surface area contributed by atoms with E-state index >= 15 is 0 Å². The smallest absolute Gasteiger partial charge is 0.312 e. The molecule has 1 fully saturated rings. The molecular weight excluding hydrogens is 600 g/mol. The number of esters is 1. The molecule has 1 heterocycles. The summed E-state index contributed by atoms with van der Waals surface area (Å²) < 4.78 is 16.8. The summed E-state index contributed by atoms with van der Waals surface area (Å²) in [5.74, 6) is -2.02. The fourth-order valence-corrected chi connectivity index (χ4v) is 4.09. The van der Waals surface area contributed by atoms with Crippen LogP contribution < -0.4 is 37.5 Å². The standard InChI is InChI=1S/C27H42N4O8.C4H10N2O/c1-14(2)24(30-16(5)6)26(35)29-12-22(33)31-19-8-7-17(13-37-27(36)15(3)4)9-20(19)38-23-11-18(32)10-21(39-23)25(28)34;1-2-3-6-4(5)7/h7-9,14-16,18,21,23-24,30,32H,10-13H2,1-6H3,(H2,28,34)(H,29,35)(H,31,33);2-3H2,1H3,(H3,5,6,7). The number of aliphatic hydroxyl groups excluding tert-OH is 1. The maximum absolute atomic E-state index is 12.7. The summed E-state index contributed by atoms with van der Waals surface area (Å²) >= 11 is 0. The minimum absolute atomic E-state index is 0.0166. The van der Waals surface area contributed by atoms with Gasteiger partial charge in [-0.15, -0.1) is 0 Å². The van der Waals surface area contributed by atoms with Gasteiger partial charge in [0.15, 0.2) is 0 Å². The molecule has 1 saturated heterocycles. The molecule has 2 rings (SSSR count). The molecule has 260 valence electrons. The van der Waals surface area contributed by atoms with E-state index in [-0.39, 0.29) is 67.2 Å². The van der Waals surface area contributed by atoms with Crippen LogP contribution in [0.4, 0.5) is 10.5 Å². The van der Waals surface area contributed by atoms with E-state index in [4.69, 9.17) is 25.7 Å². The Morgan fingerprint density at radius 3 is 2.22 bits per heavy atom. The van der Waals surface area contributed by atoms with Gasteiger partial charge in [-0.1, -0.05) is 54.5 Å². The second-order valence-electron chi connectivity index (χ2n) is 11.9. The van der Waals surface area contributed by atoms with Crippen molar-refractivity contribution in [1.29, 1.82) is 0 Å². The zero-order valence-corrected chi connectivity index (χ0v) is 27.9. The van der Waals surface area contributed by atoms with Crippen molar-refractivity contribution in [2.24, 2.45) is 23.3 Å². The molecular formula is C31H52N6O9. The number of nitrogens with two attached hydrogens (primary N) is 2. The van der Waals surface area contributed by atoms with Gasteiger partial charge in [0.2, 0.25) is 24.0 Å². The SMILES string of the molecule is CC(C)NC(C(=O)NCC(=O)Nc1ccc(COC(=O)C(C)C)cc1OC1CC(O)CC(C(N)=O)O1)C(C)C.CCCNC(N)=O. The van der Waals surface area contributed by atoms with Crippen molar-refractivity contribution in [3.8, 4) is 5.75 Å². The van der Waals surface area contributed by atoms with Crippen LogP contribution in [0.15, 0.2) is 18.2 Å². The van der Waals surface area contributed by atoms with Gasteiger partial charge >= 0.3 is 12.0 Å². The third kappa shape index (κ3) is 15.4. The first-order valence-electron chi connectivity index (χ1n) is 15.5. The number of aliphatic hydroxyl groups is 1. The first-order chi connectivity index (χ1) is 21.5. The van der Waals surface area contributed by atoms with E-state index in [1.165, 1.54) is 0 Å². The van der Waals surface area contributed by atoms with Crippen molar-refractivity contribution in [2.45, 2.75) is 105 Å². The largest absolute Gasteiger partial charge is 0.463 e. The Balaban J connectivity index is 0.00000135. The van der Waals surface area contributed by atoms with Gasteiger partial charge in [0.25, 0.3) is 0 Å². The molecule has 0 aromatic heterocycles. The van der Waals surface area contributed by atoms with Crippen molar-refractivity contribution in [3.63, 3.8) is 0 Å². The van der Waals surface area contributed by atoms with Crippen molar-refractivity contribution < 1.29 is 43.3 Å². The summed E-state index contributed by atoms with van der Waals surface area (Å²) in [6.07, 6.45) is -1.88. The Bertz CT molecular complexity index is 1160. The number of hydrogen-bond acceptors (Lipinski definition) is 10. The van der Waals surface area contributed by atoms with Crippen LogP contribution in [0.3, 0.4) is 0 Å². The zero-order chi connectivity index (χ0) is 35.0. The van der Waals surface area contributed by atoms with E-state index in [9.17, 15) is 29.1 Å². The van der Waals surface area contributed by atoms with Gasteiger partial charge in [0.1, 0.15) is 18.5 Å². The molecule has 0 spiro atoms. The van der Waals surface area contributed by atoms with Crippen LogP contribution in [-0.2, 0) is 35.3 Å². The van der Waals surface area contributed by atoms with E-state index in [1.807, 2.05) is 34.6 Å². The van der Waals surface area contributed by atoms with Gasteiger partial charge in [-0.25, -0.2) is 4.79 Å². The molecule has 46 heavy (non-hydrogen) atoms. The summed E-state index contributed by atoms with van der Waals surface area (Å²) in [6, 6.07) is 3.96. The van der Waals surface area contributed by atoms with Crippen molar-refractivity contribution >= 4 is 35.4 Å². The van der Waals surface area contributed by atoms with E-state index in [1.54, 1.807) is 32.0 Å². The van der Waals surface area contributed by atoms with Gasteiger partial charge in [-0.05, 0) is 30.0 Å². The number of anilines is 1. The number of benzene rings is 1. The number of primary amides is 2. The highest BCUT2D eigenvalue weighted by atomic mass is 16.7. The number of ether oxygens (including phenoxy) is 3. The Morgan fingerprint density at radius 2 is 1.70 bits per heavy atom. The molecule has 9 N–H and O–H groups in total. The fraction of sp³-hybridized carbons (Fsp3) is 0.645. The van der Waals surface area contributed by atoms with Crippen LogP contribution in [0.2, 0.25) is 0 Å². The summed E-state index contributed by atoms with van der Waals surface area (Å²) in [5, 5.41) is 21.1. The van der Waals surface area contributed by atoms with Crippen molar-refractivity contribution in [1.82, 2.24) is 16.0 Å². The molecule has 0 saturated carbocycles. The Kier molecular flexibility index (Phi) is 17.6. The lowest BCUT2D eigenvalue weighted by atomic mass is 10.0. The first-order valence-corrected chi connectivity index (χ1v) is 15.5. The molecule has 4 unspecified atom stereocenters. The molecule has 1 aliphatic heterocycles. The monoisotopic (exact) mass is 652 g/mol. The van der Waals surface area contributed by atoms with Crippen LogP contribution in [0.5, 0.6) is 5.75 Å². The van der Waals surface area contributed by atoms with E-state index < -0.39 is 42.4 Å². The molecule has 4 atom stereocenters. The van der Waals surface area contributed by atoms with Crippen LogP contribution in [0.25, 0.3) is 0 Å². The minimum Gasteiger partial charge on any atom is -0.463 e. The number of nitrogens with one attached hydrogen (secondary N) is 4. The normalized spacial score (nSPS) is 18.2. The highest BCUT2D eigenvalue weighted by molar-refractivity contribution is 5.96. The maximum Gasteiger partial charge on any atom is 0.312 e. The lowest BCUT2D eigenvalue weighted by molar-refractivity contribution is -0.182. The number of amides is 5. The molecule has 15 heteroatoms. The molecule has 0 radical (unpaired) electrons. The topological polar surface area (TPSA) is 233 Å². The van der Waals surface area contributed by atoms with Crippen LogP contribution >= 0.6 is 0 Å². The Hall–Kier alpha value is -3.95. The summed E-state index contributed by atoms with van der Waals surface area (Å²) in [4.78, 5) is 58.8. The minimum atomic E-state index is -1.03. The van der Waals surface area contributed by atoms with E-state index in [2.05, 4.69) is 21.3 Å². The number of urea groups is 1. The highest BCUT2D eigenvalue weighted by Gasteiger charge is 2.33. The highest BCUT2D eigenvalue weighted by Crippen LogP contribution is 2.30. The Labute approximate surface area is 270 Å². The molecule has 1 aromatic carbocycles. The van der Waals surface area contributed by atoms with Crippen molar-refractivity contribution in [3.05, 3.63) is 23.8 Å². The van der Waals surface area contributed by atoms with E-state index in [0.29, 0.717) is 12.1 Å². The molecule has 1 aliphatic rings. The summed E-state index contributed by atoms with van der Waals surface area (Å²) in [7, 11) is 0. The van der Waals surface area contributed by atoms with Crippen LogP contribution in [0, 0.1) is 11.8 Å². The Morgan fingerprint density at radius 1 is 1.02 bits per heavy atom. The number of hydrogen-bond donors (Lipinski definition) is 7. The molecule has 0 aliphatic carbocycles. The fourth-order valence-electron chi connectivity index (χ4n) is 4.09. The zero-order valence-electron chi connectivity index (χ0n) is 27.9. The average Bonchev–Trinajstić information content (AvgIpc) is 2.97. The van der Waals surface area contributed by atoms with Gasteiger partial charge in [-0.3, -0.25) is 19.2 Å². The lowest BCUT2D eigenvalue weighted by Gasteiger charge is -2.32. The van der Waals surface area contributed by atoms with Crippen LogP contribution in [0.1, 0.15) is 73.3 Å². The van der Waals surface area contributed by atoms with Gasteiger partial charge < -0.3 is 52.1 Å². The first kappa shape index (κ1) is 40.1. The van der Waals surface area contributed by atoms with Crippen LogP contribution in [-0.4, -0.2) is 78.5 Å². The second-order valence-corrected chi connectivity index (χ2v) is 11.9. The maximum atomic E-state index is 12.7. The number of carbonyl (C=O) groups is 5. The molecule has 0 bridgehead atoms. The van der Waals surface area contributed by atoms with Gasteiger partial charge in [-0.2, -0.15) is 0 Å². The predicted molar refractivity (Wildman–Crippen MR) is 171 cm³/mol. The summed E-state index contributed by atoms with van der Waals surface area (Å²) in [5.41, 5.74) is 10.9.